The summed E-state index contributed by atoms with van der Waals surface area (Å²) in [5.41, 5.74) is 0.848. The molecule has 0 radical (unpaired) electrons. The molecule has 128 valence electrons. The predicted molar refractivity (Wildman–Crippen MR) is 100.0 cm³/mol. The van der Waals surface area contributed by atoms with Gasteiger partial charge in [-0.15, -0.1) is 0 Å². The molecule has 1 saturated heterocycles. The Balaban J connectivity index is 2.00. The van der Waals surface area contributed by atoms with Gasteiger partial charge in [-0.25, -0.2) is 9.29 Å². The summed E-state index contributed by atoms with van der Waals surface area (Å²) in [5, 5.41) is 12.6. The van der Waals surface area contributed by atoms with Crippen LogP contribution in [-0.4, -0.2) is 23.2 Å². The SMILES string of the molecule is COc1cc(C=C2NC(=S)N(c3ccccc3F)C2=O)c(Br)cc1O. The number of nitrogens with one attached hydrogen (secondary N) is 1. The predicted octanol–water partition coefficient (Wildman–Crippen LogP) is 3.56. The molecule has 2 N–H and O–H groups in total. The Bertz CT molecular complexity index is 917. The third kappa shape index (κ3) is 3.22. The number of amides is 1. The first-order chi connectivity index (χ1) is 11.9. The highest BCUT2D eigenvalue weighted by molar-refractivity contribution is 9.10. The Morgan fingerprint density at radius 2 is 2.08 bits per heavy atom. The molecular weight excluding hydrogens is 411 g/mol. The van der Waals surface area contributed by atoms with Gasteiger partial charge in [-0.05, 0) is 48.1 Å². The minimum atomic E-state index is -0.547. The maximum Gasteiger partial charge on any atom is 0.281 e. The van der Waals surface area contributed by atoms with Gasteiger partial charge in [0.15, 0.2) is 16.6 Å². The van der Waals surface area contributed by atoms with Crippen LogP contribution in [0.25, 0.3) is 6.08 Å². The van der Waals surface area contributed by atoms with Gasteiger partial charge in [-0.2, -0.15) is 0 Å². The number of anilines is 1. The minimum absolute atomic E-state index is 0.0364. The Morgan fingerprint density at radius 3 is 2.76 bits per heavy atom. The Hall–Kier alpha value is -2.45. The summed E-state index contributed by atoms with van der Waals surface area (Å²) in [6, 6.07) is 8.91. The van der Waals surface area contributed by atoms with Gasteiger partial charge in [0.2, 0.25) is 0 Å². The van der Waals surface area contributed by atoms with Crippen molar-refractivity contribution in [3.63, 3.8) is 0 Å². The largest absolute Gasteiger partial charge is 0.504 e. The second-order valence-corrected chi connectivity index (χ2v) is 6.37. The van der Waals surface area contributed by atoms with E-state index in [0.717, 1.165) is 4.90 Å². The lowest BCUT2D eigenvalue weighted by Gasteiger charge is -2.14. The van der Waals surface area contributed by atoms with Crippen LogP contribution in [0.5, 0.6) is 11.5 Å². The molecule has 0 saturated carbocycles. The van der Waals surface area contributed by atoms with Crippen molar-refractivity contribution in [2.45, 2.75) is 0 Å². The molecule has 0 aromatic heterocycles. The molecule has 1 fully saturated rings. The van der Waals surface area contributed by atoms with Crippen molar-refractivity contribution in [1.29, 1.82) is 0 Å². The van der Waals surface area contributed by atoms with Crippen molar-refractivity contribution < 1.29 is 19.0 Å². The average molecular weight is 423 g/mol. The summed E-state index contributed by atoms with van der Waals surface area (Å²) in [4.78, 5) is 13.7. The molecule has 3 rings (SSSR count). The van der Waals surface area contributed by atoms with Crippen LogP contribution < -0.4 is 15.0 Å². The number of halogens is 2. The molecule has 1 amide bonds. The van der Waals surface area contributed by atoms with E-state index in [1.165, 1.54) is 31.4 Å². The maximum atomic E-state index is 14.0. The van der Waals surface area contributed by atoms with Crippen LogP contribution in [0.4, 0.5) is 10.1 Å². The maximum absolute atomic E-state index is 14.0. The number of nitrogens with zero attached hydrogens (tertiary/aromatic N) is 1. The molecule has 5 nitrogen and oxygen atoms in total. The number of methoxy groups -OCH3 is 1. The molecule has 0 spiro atoms. The van der Waals surface area contributed by atoms with Crippen molar-refractivity contribution in [1.82, 2.24) is 5.32 Å². The number of hydrogen-bond donors (Lipinski definition) is 2. The molecule has 2 aromatic carbocycles. The summed E-state index contributed by atoms with van der Waals surface area (Å²) in [7, 11) is 1.42. The number of phenolic OH excluding ortho intramolecular Hbond substituents is 1. The Kier molecular flexibility index (Phi) is 4.73. The van der Waals surface area contributed by atoms with Crippen molar-refractivity contribution >= 4 is 50.9 Å². The molecule has 0 bridgehead atoms. The summed E-state index contributed by atoms with van der Waals surface area (Å²) < 4.78 is 19.6. The Labute approximate surface area is 156 Å². The normalized spacial score (nSPS) is 15.6. The van der Waals surface area contributed by atoms with E-state index in [1.807, 2.05) is 0 Å². The molecule has 1 aliphatic rings. The van der Waals surface area contributed by atoms with Crippen LogP contribution in [0.3, 0.4) is 0 Å². The van der Waals surface area contributed by atoms with Crippen molar-refractivity contribution in [3.8, 4) is 11.5 Å². The molecule has 25 heavy (non-hydrogen) atoms. The number of thiocarbonyl (C=S) groups is 1. The number of ether oxygens (including phenoxy) is 1. The van der Waals surface area contributed by atoms with E-state index in [1.54, 1.807) is 18.2 Å². The molecule has 8 heteroatoms. The van der Waals surface area contributed by atoms with E-state index in [2.05, 4.69) is 21.2 Å². The van der Waals surface area contributed by atoms with E-state index >= 15 is 0 Å². The van der Waals surface area contributed by atoms with Gasteiger partial charge >= 0.3 is 0 Å². The highest BCUT2D eigenvalue weighted by Crippen LogP contribution is 2.34. The van der Waals surface area contributed by atoms with Gasteiger partial charge in [0.05, 0.1) is 12.8 Å². The zero-order valence-corrected chi connectivity index (χ0v) is 15.3. The monoisotopic (exact) mass is 422 g/mol. The van der Waals surface area contributed by atoms with E-state index in [4.69, 9.17) is 17.0 Å². The van der Waals surface area contributed by atoms with Gasteiger partial charge < -0.3 is 15.2 Å². The van der Waals surface area contributed by atoms with Gasteiger partial charge in [0.25, 0.3) is 5.91 Å². The number of phenols is 1. The zero-order valence-electron chi connectivity index (χ0n) is 12.9. The number of rotatable bonds is 3. The van der Waals surface area contributed by atoms with E-state index in [9.17, 15) is 14.3 Å². The van der Waals surface area contributed by atoms with Gasteiger partial charge in [-0.1, -0.05) is 28.1 Å². The first kappa shape index (κ1) is 17.4. The number of carbonyl (C=O) groups is 1. The number of carbonyl (C=O) groups excluding carboxylic acids is 1. The molecule has 1 heterocycles. The first-order valence-corrected chi connectivity index (χ1v) is 8.30. The number of benzene rings is 2. The minimum Gasteiger partial charge on any atom is -0.504 e. The van der Waals surface area contributed by atoms with E-state index in [0.29, 0.717) is 10.0 Å². The topological polar surface area (TPSA) is 61.8 Å². The van der Waals surface area contributed by atoms with Gasteiger partial charge in [0.1, 0.15) is 11.5 Å². The third-order valence-electron chi connectivity index (χ3n) is 3.57. The summed E-state index contributed by atoms with van der Waals surface area (Å²) in [5.74, 6) is -0.803. The molecule has 0 atom stereocenters. The van der Waals surface area contributed by atoms with Crippen molar-refractivity contribution in [2.75, 3.05) is 12.0 Å². The lowest BCUT2D eigenvalue weighted by molar-refractivity contribution is -0.113. The van der Waals surface area contributed by atoms with Crippen LogP contribution in [0.2, 0.25) is 0 Å². The summed E-state index contributed by atoms with van der Waals surface area (Å²) in [6.07, 6.45) is 1.54. The lowest BCUT2D eigenvalue weighted by atomic mass is 10.1. The number of aromatic hydroxyl groups is 1. The number of para-hydroxylation sites is 1. The molecule has 2 aromatic rings. The fraction of sp³-hybridized carbons (Fsp3) is 0.0588. The van der Waals surface area contributed by atoms with E-state index < -0.39 is 11.7 Å². The fourth-order valence-corrected chi connectivity index (χ4v) is 3.11. The molecule has 0 unspecified atom stereocenters. The van der Waals surface area contributed by atoms with Crippen molar-refractivity contribution in [2.24, 2.45) is 0 Å². The number of hydrogen-bond acceptors (Lipinski definition) is 4. The first-order valence-electron chi connectivity index (χ1n) is 7.10. The quantitative estimate of drug-likeness (QED) is 0.584. The summed E-state index contributed by atoms with van der Waals surface area (Å²) in [6.45, 7) is 0. The van der Waals surface area contributed by atoms with E-state index in [-0.39, 0.29) is 28.0 Å². The van der Waals surface area contributed by atoms with Gasteiger partial charge in [0, 0.05) is 4.47 Å². The highest BCUT2D eigenvalue weighted by atomic mass is 79.9. The van der Waals surface area contributed by atoms with Gasteiger partial charge in [-0.3, -0.25) is 4.79 Å². The fourth-order valence-electron chi connectivity index (χ4n) is 2.38. The second kappa shape index (κ2) is 6.81. The van der Waals surface area contributed by atoms with Crippen molar-refractivity contribution in [3.05, 3.63) is 57.9 Å². The standard InChI is InChI=1S/C17H12BrFN2O3S/c1-24-15-7-9(10(18)8-14(15)22)6-12-16(23)21(17(25)20-12)13-5-3-2-4-11(13)19/h2-8,22H,1H3,(H,20,25). The second-order valence-electron chi connectivity index (χ2n) is 5.13. The summed E-state index contributed by atoms with van der Waals surface area (Å²) >= 11 is 8.48. The van der Waals surface area contributed by atoms with Crippen LogP contribution in [-0.2, 0) is 4.79 Å². The molecule has 1 aliphatic heterocycles. The molecule has 0 aliphatic carbocycles. The highest BCUT2D eigenvalue weighted by Gasteiger charge is 2.33. The van der Waals surface area contributed by atoms with Crippen LogP contribution in [0, 0.1) is 5.82 Å². The third-order valence-corrected chi connectivity index (χ3v) is 4.54. The zero-order chi connectivity index (χ0) is 18.1. The van der Waals surface area contributed by atoms with Crippen LogP contribution in [0.15, 0.2) is 46.6 Å². The lowest BCUT2D eigenvalue weighted by Crippen LogP contribution is -2.31. The average Bonchev–Trinajstić information content (AvgIpc) is 2.84. The Morgan fingerprint density at radius 1 is 1.36 bits per heavy atom. The van der Waals surface area contributed by atoms with Crippen LogP contribution >= 0.6 is 28.1 Å². The molecular formula is C17H12BrFN2O3S. The van der Waals surface area contributed by atoms with Crippen LogP contribution in [0.1, 0.15) is 5.56 Å². The smallest absolute Gasteiger partial charge is 0.281 e.